The van der Waals surface area contributed by atoms with Crippen LogP contribution in [0, 0.1) is 12.8 Å². The highest BCUT2D eigenvalue weighted by Crippen LogP contribution is 2.30. The number of hydrogen-bond donors (Lipinski definition) is 0. The highest BCUT2D eigenvalue weighted by Gasteiger charge is 2.31. The highest BCUT2D eigenvalue weighted by molar-refractivity contribution is 7.20. The number of amides is 1. The lowest BCUT2D eigenvalue weighted by molar-refractivity contribution is -0.136. The van der Waals surface area contributed by atoms with E-state index in [-0.39, 0.29) is 5.92 Å². The van der Waals surface area contributed by atoms with Gasteiger partial charge in [-0.2, -0.15) is 0 Å². The first-order chi connectivity index (χ1) is 14.2. The fraction of sp³-hybridized carbons (Fsp3) is 0.500. The van der Waals surface area contributed by atoms with Crippen LogP contribution in [-0.4, -0.2) is 51.6 Å². The van der Waals surface area contributed by atoms with Gasteiger partial charge in [-0.15, -0.1) is 5.10 Å². The van der Waals surface area contributed by atoms with Crippen LogP contribution in [0.3, 0.4) is 0 Å². The van der Waals surface area contributed by atoms with E-state index in [0.717, 1.165) is 73.2 Å². The zero-order valence-electron chi connectivity index (χ0n) is 16.9. The molecule has 2 aliphatic heterocycles. The van der Waals surface area contributed by atoms with Crippen LogP contribution in [0.4, 0.5) is 5.13 Å². The Kier molecular flexibility index (Phi) is 4.99. The standard InChI is InChI=1S/C22H27N5OS/c1-16-7-9-17(10-8-16)19-15-27-21(23-19)29-22(24-27)26-13-5-6-18(14-26)20(28)25-11-3-2-4-12-25/h7-10,15,18H,2-6,11-14H2,1H3. The maximum Gasteiger partial charge on any atom is 0.227 e. The van der Waals surface area contributed by atoms with Gasteiger partial charge in [0.05, 0.1) is 17.8 Å². The molecular formula is C22H27N5OS. The summed E-state index contributed by atoms with van der Waals surface area (Å²) < 4.78 is 1.88. The number of carbonyl (C=O) groups is 1. The molecule has 0 N–H and O–H groups in total. The Morgan fingerprint density at radius 3 is 2.62 bits per heavy atom. The summed E-state index contributed by atoms with van der Waals surface area (Å²) in [6.45, 7) is 5.69. The summed E-state index contributed by atoms with van der Waals surface area (Å²) in [4.78, 5) is 23.0. The lowest BCUT2D eigenvalue weighted by Gasteiger charge is -2.36. The Labute approximate surface area is 175 Å². The molecule has 5 rings (SSSR count). The van der Waals surface area contributed by atoms with Gasteiger partial charge in [-0.25, -0.2) is 9.50 Å². The molecular weight excluding hydrogens is 382 g/mol. The van der Waals surface area contributed by atoms with Crippen molar-refractivity contribution in [1.29, 1.82) is 0 Å². The summed E-state index contributed by atoms with van der Waals surface area (Å²) in [5.74, 6) is 0.443. The number of piperidine rings is 2. The van der Waals surface area contributed by atoms with Crippen LogP contribution in [0.25, 0.3) is 16.2 Å². The number of likely N-dealkylation sites (tertiary alicyclic amines) is 1. The number of aromatic nitrogens is 3. The van der Waals surface area contributed by atoms with Crippen LogP contribution < -0.4 is 4.90 Å². The lowest BCUT2D eigenvalue weighted by atomic mass is 9.96. The van der Waals surface area contributed by atoms with Gasteiger partial charge in [0, 0.05) is 31.7 Å². The first kappa shape index (κ1) is 18.6. The number of fused-ring (bicyclic) bond motifs is 1. The molecule has 2 saturated heterocycles. The second-order valence-corrected chi connectivity index (χ2v) is 9.21. The molecule has 0 saturated carbocycles. The van der Waals surface area contributed by atoms with Crippen LogP contribution in [0.5, 0.6) is 0 Å². The van der Waals surface area contributed by atoms with Crippen LogP contribution in [0.2, 0.25) is 0 Å². The second-order valence-electron chi connectivity index (χ2n) is 8.28. The SMILES string of the molecule is Cc1ccc(-c2cn3nc(N4CCCC(C(=O)N5CCCCC5)C4)sc3n2)cc1. The largest absolute Gasteiger partial charge is 0.346 e. The number of benzene rings is 1. The molecule has 29 heavy (non-hydrogen) atoms. The van der Waals surface area contributed by atoms with Crippen molar-refractivity contribution < 1.29 is 4.79 Å². The van der Waals surface area contributed by atoms with Gasteiger partial charge in [-0.05, 0) is 39.0 Å². The quantitative estimate of drug-likeness (QED) is 0.656. The van der Waals surface area contributed by atoms with Crippen molar-refractivity contribution in [2.75, 3.05) is 31.1 Å². The molecule has 0 spiro atoms. The minimum Gasteiger partial charge on any atom is -0.346 e. The van der Waals surface area contributed by atoms with Gasteiger partial charge in [-0.3, -0.25) is 4.79 Å². The number of carbonyl (C=O) groups excluding carboxylic acids is 1. The molecule has 0 aliphatic carbocycles. The minimum absolute atomic E-state index is 0.0983. The summed E-state index contributed by atoms with van der Waals surface area (Å²) in [5.41, 5.74) is 3.31. The first-order valence-electron chi connectivity index (χ1n) is 10.6. The Balaban J connectivity index is 1.31. The number of rotatable bonds is 3. The molecule has 1 unspecified atom stereocenters. The molecule has 0 bridgehead atoms. The van der Waals surface area contributed by atoms with E-state index in [2.05, 4.69) is 41.0 Å². The number of anilines is 1. The smallest absolute Gasteiger partial charge is 0.227 e. The highest BCUT2D eigenvalue weighted by atomic mass is 32.1. The van der Waals surface area contributed by atoms with Gasteiger partial charge < -0.3 is 9.80 Å². The molecule has 7 heteroatoms. The second kappa shape index (κ2) is 7.78. The van der Waals surface area contributed by atoms with Crippen molar-refractivity contribution in [2.45, 2.75) is 39.0 Å². The summed E-state index contributed by atoms with van der Waals surface area (Å²) >= 11 is 1.61. The van der Waals surface area contributed by atoms with Gasteiger partial charge >= 0.3 is 0 Å². The third kappa shape index (κ3) is 3.75. The molecule has 2 fully saturated rings. The summed E-state index contributed by atoms with van der Waals surface area (Å²) in [6, 6.07) is 8.41. The lowest BCUT2D eigenvalue weighted by Crippen LogP contribution is -2.46. The van der Waals surface area contributed by atoms with Crippen LogP contribution >= 0.6 is 11.3 Å². The summed E-state index contributed by atoms with van der Waals surface area (Å²) in [7, 11) is 0. The first-order valence-corrected chi connectivity index (χ1v) is 11.5. The van der Waals surface area contributed by atoms with E-state index in [1.54, 1.807) is 11.3 Å². The molecule has 4 heterocycles. The number of hydrogen-bond acceptors (Lipinski definition) is 5. The zero-order chi connectivity index (χ0) is 19.8. The average Bonchev–Trinajstić information content (AvgIpc) is 3.34. The van der Waals surface area contributed by atoms with E-state index in [9.17, 15) is 4.79 Å². The molecule has 152 valence electrons. The number of nitrogens with zero attached hydrogens (tertiary/aromatic N) is 5. The normalized spacial score (nSPS) is 20.4. The van der Waals surface area contributed by atoms with Crippen LogP contribution in [0.15, 0.2) is 30.5 Å². The van der Waals surface area contributed by atoms with Crippen molar-refractivity contribution in [3.63, 3.8) is 0 Å². The third-order valence-electron chi connectivity index (χ3n) is 6.09. The van der Waals surface area contributed by atoms with E-state index in [1.807, 2.05) is 10.7 Å². The van der Waals surface area contributed by atoms with Gasteiger partial charge in [0.2, 0.25) is 16.0 Å². The fourth-order valence-corrected chi connectivity index (χ4v) is 5.32. The van der Waals surface area contributed by atoms with Gasteiger partial charge in [0.25, 0.3) is 0 Å². The Morgan fingerprint density at radius 2 is 1.86 bits per heavy atom. The minimum atomic E-state index is 0.0983. The summed E-state index contributed by atoms with van der Waals surface area (Å²) in [5, 5.41) is 5.75. The molecule has 6 nitrogen and oxygen atoms in total. The van der Waals surface area contributed by atoms with E-state index in [0.29, 0.717) is 5.91 Å². The molecule has 0 radical (unpaired) electrons. The molecule has 2 aliphatic rings. The molecule has 1 aromatic carbocycles. The topological polar surface area (TPSA) is 53.7 Å². The fourth-order valence-electron chi connectivity index (χ4n) is 4.41. The van der Waals surface area contributed by atoms with Gasteiger partial charge in [0.1, 0.15) is 0 Å². The molecule has 3 aromatic rings. The predicted molar refractivity (Wildman–Crippen MR) is 116 cm³/mol. The van der Waals surface area contributed by atoms with Gasteiger partial charge in [-0.1, -0.05) is 41.2 Å². The van der Waals surface area contributed by atoms with Crippen LogP contribution in [0.1, 0.15) is 37.7 Å². The van der Waals surface area contributed by atoms with Crippen LogP contribution in [-0.2, 0) is 4.79 Å². The van der Waals surface area contributed by atoms with Crippen molar-refractivity contribution in [3.8, 4) is 11.3 Å². The Bertz CT molecular complexity index is 971. The van der Waals surface area contributed by atoms with E-state index in [4.69, 9.17) is 10.1 Å². The van der Waals surface area contributed by atoms with Crippen molar-refractivity contribution in [3.05, 3.63) is 36.0 Å². The Morgan fingerprint density at radius 1 is 1.07 bits per heavy atom. The van der Waals surface area contributed by atoms with E-state index >= 15 is 0 Å². The van der Waals surface area contributed by atoms with E-state index in [1.165, 1.54) is 12.0 Å². The number of imidazole rings is 1. The Hall–Kier alpha value is -2.41. The molecule has 1 atom stereocenters. The molecule has 1 amide bonds. The van der Waals surface area contributed by atoms with Crippen molar-refractivity contribution in [2.24, 2.45) is 5.92 Å². The van der Waals surface area contributed by atoms with Gasteiger partial charge in [0.15, 0.2) is 0 Å². The molecule has 2 aromatic heterocycles. The van der Waals surface area contributed by atoms with E-state index < -0.39 is 0 Å². The maximum absolute atomic E-state index is 12.9. The average molecular weight is 410 g/mol. The summed E-state index contributed by atoms with van der Waals surface area (Å²) in [6.07, 6.45) is 7.58. The predicted octanol–water partition coefficient (Wildman–Crippen LogP) is 4.00. The number of aryl methyl sites for hydroxylation is 1. The third-order valence-corrected chi connectivity index (χ3v) is 7.07. The monoisotopic (exact) mass is 409 g/mol. The zero-order valence-corrected chi connectivity index (χ0v) is 17.7. The maximum atomic E-state index is 12.9. The van der Waals surface area contributed by atoms with Crippen molar-refractivity contribution >= 4 is 27.3 Å². The van der Waals surface area contributed by atoms with Crippen molar-refractivity contribution in [1.82, 2.24) is 19.5 Å².